The first-order valence-corrected chi connectivity index (χ1v) is 9.85. The SMILES string of the molecule is O=C(OC1C(F)(F)COC(O)(C(F)(F)F)C1(F)F)C1CC2CC1C1C3C=CC(C3)C21. The zero-order valence-corrected chi connectivity index (χ0v) is 15.4. The number of allylic oxidation sites excluding steroid dienone is 2. The summed E-state index contributed by atoms with van der Waals surface area (Å²) < 4.78 is 104. The van der Waals surface area contributed by atoms with Gasteiger partial charge in [0.2, 0.25) is 6.10 Å². The van der Waals surface area contributed by atoms with Crippen LogP contribution in [0.25, 0.3) is 0 Å². The molecular weight excluding hydrogens is 425 g/mol. The zero-order chi connectivity index (χ0) is 21.9. The molecule has 1 aliphatic heterocycles. The maximum absolute atomic E-state index is 14.4. The van der Waals surface area contributed by atoms with Crippen molar-refractivity contribution < 1.29 is 50.1 Å². The molecule has 1 heterocycles. The molecule has 9 unspecified atom stereocenters. The molecule has 4 fully saturated rings. The van der Waals surface area contributed by atoms with Gasteiger partial charge in [-0.05, 0) is 54.8 Å². The highest BCUT2D eigenvalue weighted by Crippen LogP contribution is 2.67. The van der Waals surface area contributed by atoms with E-state index in [1.807, 2.05) is 0 Å². The minimum absolute atomic E-state index is 0.138. The van der Waals surface area contributed by atoms with E-state index in [0.717, 1.165) is 6.42 Å². The van der Waals surface area contributed by atoms with E-state index in [2.05, 4.69) is 21.6 Å². The van der Waals surface area contributed by atoms with Crippen molar-refractivity contribution in [1.29, 1.82) is 0 Å². The molecule has 4 aliphatic carbocycles. The summed E-state index contributed by atoms with van der Waals surface area (Å²) in [5.41, 5.74) is 0. The first kappa shape index (κ1) is 20.5. The van der Waals surface area contributed by atoms with E-state index in [1.165, 1.54) is 0 Å². The Bertz CT molecular complexity index is 796. The monoisotopic (exact) mass is 444 g/mol. The smallest absolute Gasteiger partial charge is 0.449 e. The average molecular weight is 444 g/mol. The van der Waals surface area contributed by atoms with Crippen molar-refractivity contribution in [3.8, 4) is 0 Å². The van der Waals surface area contributed by atoms with Gasteiger partial charge >= 0.3 is 29.8 Å². The molecule has 0 amide bonds. The molecule has 30 heavy (non-hydrogen) atoms. The van der Waals surface area contributed by atoms with Crippen LogP contribution in [0.4, 0.5) is 30.7 Å². The van der Waals surface area contributed by atoms with Crippen LogP contribution in [0.2, 0.25) is 0 Å². The Morgan fingerprint density at radius 3 is 2.30 bits per heavy atom. The standard InChI is InChI=1S/C19H19F7O4/c20-16(21)6-29-18(28,19(24,25)26)17(22,23)15(16)30-14(27)11-5-9-4-10(11)13-8-2-1-7(3-8)12(9)13/h1-2,7-13,15,28H,3-6H2. The van der Waals surface area contributed by atoms with Gasteiger partial charge in [0.15, 0.2) is 0 Å². The van der Waals surface area contributed by atoms with Crippen LogP contribution in [0.5, 0.6) is 0 Å². The lowest BCUT2D eigenvalue weighted by Crippen LogP contribution is -2.74. The Kier molecular flexibility index (Phi) is 4.04. The lowest BCUT2D eigenvalue weighted by molar-refractivity contribution is -0.479. The van der Waals surface area contributed by atoms with E-state index in [9.17, 15) is 40.6 Å². The summed E-state index contributed by atoms with van der Waals surface area (Å²) in [7, 11) is 0. The molecule has 3 saturated carbocycles. The molecule has 0 aromatic carbocycles. The van der Waals surface area contributed by atoms with E-state index in [1.54, 1.807) is 0 Å². The summed E-state index contributed by atoms with van der Waals surface area (Å²) >= 11 is 0. The highest BCUT2D eigenvalue weighted by atomic mass is 19.4. The highest BCUT2D eigenvalue weighted by molar-refractivity contribution is 5.74. The second-order valence-corrected chi connectivity index (χ2v) is 9.24. The average Bonchev–Trinajstić information content (AvgIpc) is 3.40. The van der Waals surface area contributed by atoms with Gasteiger partial charge in [-0.15, -0.1) is 0 Å². The van der Waals surface area contributed by atoms with E-state index in [-0.39, 0.29) is 30.1 Å². The minimum Gasteiger partial charge on any atom is -0.449 e. The molecule has 1 saturated heterocycles. The highest BCUT2D eigenvalue weighted by Gasteiger charge is 2.81. The van der Waals surface area contributed by atoms with Crippen LogP contribution in [0.3, 0.4) is 0 Å². The van der Waals surface area contributed by atoms with Gasteiger partial charge in [0, 0.05) is 0 Å². The van der Waals surface area contributed by atoms with Crippen LogP contribution >= 0.6 is 0 Å². The molecular formula is C19H19F7O4. The maximum atomic E-state index is 14.4. The molecule has 0 aromatic heterocycles. The van der Waals surface area contributed by atoms with Gasteiger partial charge in [0.25, 0.3) is 0 Å². The number of carbonyl (C=O) groups excluding carboxylic acids is 1. The lowest BCUT2D eigenvalue weighted by Gasteiger charge is -2.46. The normalized spacial score (nSPS) is 50.0. The quantitative estimate of drug-likeness (QED) is 0.307. The summed E-state index contributed by atoms with van der Waals surface area (Å²) in [6, 6.07) is 0. The van der Waals surface area contributed by atoms with E-state index in [0.29, 0.717) is 18.3 Å². The van der Waals surface area contributed by atoms with Crippen molar-refractivity contribution in [2.45, 2.75) is 49.2 Å². The maximum Gasteiger partial charge on any atom is 0.449 e. The molecule has 4 bridgehead atoms. The summed E-state index contributed by atoms with van der Waals surface area (Å²) in [6.45, 7) is -2.16. The first-order chi connectivity index (χ1) is 13.8. The largest absolute Gasteiger partial charge is 0.449 e. The Morgan fingerprint density at radius 2 is 1.67 bits per heavy atom. The number of esters is 1. The fourth-order valence-corrected chi connectivity index (χ4v) is 6.74. The van der Waals surface area contributed by atoms with Crippen molar-refractivity contribution in [3.63, 3.8) is 0 Å². The molecule has 9 atom stereocenters. The van der Waals surface area contributed by atoms with Gasteiger partial charge in [-0.3, -0.25) is 4.79 Å². The topological polar surface area (TPSA) is 55.8 Å². The number of hydrogen-bond donors (Lipinski definition) is 1. The van der Waals surface area contributed by atoms with E-state index in [4.69, 9.17) is 0 Å². The number of fused-ring (bicyclic) bond motifs is 9. The molecule has 11 heteroatoms. The number of alkyl halides is 7. The van der Waals surface area contributed by atoms with Crippen LogP contribution < -0.4 is 0 Å². The van der Waals surface area contributed by atoms with Crippen molar-refractivity contribution in [3.05, 3.63) is 12.2 Å². The number of halogens is 7. The van der Waals surface area contributed by atoms with Crippen LogP contribution in [0, 0.1) is 41.4 Å². The molecule has 168 valence electrons. The molecule has 0 spiro atoms. The third-order valence-corrected chi connectivity index (χ3v) is 7.83. The fourth-order valence-electron chi connectivity index (χ4n) is 6.74. The lowest BCUT2D eigenvalue weighted by atomic mass is 9.69. The van der Waals surface area contributed by atoms with Crippen molar-refractivity contribution in [2.24, 2.45) is 41.4 Å². The molecule has 5 aliphatic rings. The van der Waals surface area contributed by atoms with Crippen molar-refractivity contribution in [2.75, 3.05) is 6.61 Å². The molecule has 4 nitrogen and oxygen atoms in total. The van der Waals surface area contributed by atoms with Gasteiger partial charge in [0.1, 0.15) is 6.61 Å². The van der Waals surface area contributed by atoms with Gasteiger partial charge in [0.05, 0.1) is 5.92 Å². The van der Waals surface area contributed by atoms with Crippen LogP contribution in [0.1, 0.15) is 19.3 Å². The fraction of sp³-hybridized carbons (Fsp3) is 0.842. The molecule has 0 radical (unpaired) electrons. The van der Waals surface area contributed by atoms with E-state index < -0.39 is 48.4 Å². The first-order valence-electron chi connectivity index (χ1n) is 9.85. The summed E-state index contributed by atoms with van der Waals surface area (Å²) in [5, 5.41) is 9.39. The van der Waals surface area contributed by atoms with Crippen LogP contribution in [-0.2, 0) is 14.3 Å². The minimum atomic E-state index is -6.08. The third-order valence-electron chi connectivity index (χ3n) is 7.83. The van der Waals surface area contributed by atoms with Crippen molar-refractivity contribution >= 4 is 5.97 Å². The Balaban J connectivity index is 1.38. The van der Waals surface area contributed by atoms with Crippen LogP contribution in [-0.4, -0.2) is 47.6 Å². The Hall–Kier alpha value is -1.36. The Morgan fingerprint density at radius 1 is 1.03 bits per heavy atom. The van der Waals surface area contributed by atoms with E-state index >= 15 is 0 Å². The van der Waals surface area contributed by atoms with Gasteiger partial charge in [-0.1, -0.05) is 12.2 Å². The zero-order valence-electron chi connectivity index (χ0n) is 15.4. The predicted molar refractivity (Wildman–Crippen MR) is 84.2 cm³/mol. The summed E-state index contributed by atoms with van der Waals surface area (Å²) in [4.78, 5) is 12.6. The second kappa shape index (κ2) is 5.90. The molecule has 0 aromatic rings. The van der Waals surface area contributed by atoms with Gasteiger partial charge in [-0.25, -0.2) is 0 Å². The third kappa shape index (κ3) is 2.44. The summed E-state index contributed by atoms with van der Waals surface area (Å²) in [6.07, 6.45) is -3.79. The number of carbonyl (C=O) groups is 1. The molecule has 5 rings (SSSR count). The number of rotatable bonds is 2. The number of aliphatic hydroxyl groups is 1. The number of ether oxygens (including phenoxy) is 2. The molecule has 1 N–H and O–H groups in total. The van der Waals surface area contributed by atoms with Crippen molar-refractivity contribution in [1.82, 2.24) is 0 Å². The van der Waals surface area contributed by atoms with Gasteiger partial charge in [-0.2, -0.15) is 30.7 Å². The van der Waals surface area contributed by atoms with Crippen LogP contribution in [0.15, 0.2) is 12.2 Å². The summed E-state index contributed by atoms with van der Waals surface area (Å²) in [5.74, 6) is -16.6. The predicted octanol–water partition coefficient (Wildman–Crippen LogP) is 3.54. The Labute approximate surface area is 166 Å². The second-order valence-electron chi connectivity index (χ2n) is 9.24. The van der Waals surface area contributed by atoms with Gasteiger partial charge < -0.3 is 14.6 Å². The number of hydrogen-bond acceptors (Lipinski definition) is 4.